The lowest BCUT2D eigenvalue weighted by atomic mass is 10.3. The molecule has 0 fully saturated rings. The van der Waals surface area contributed by atoms with E-state index in [4.69, 9.17) is 10.0 Å². The zero-order chi connectivity index (χ0) is 5.70. The smallest absolute Gasteiger partial charge is 0.402 e. The summed E-state index contributed by atoms with van der Waals surface area (Å²) in [5.74, 6) is 0. The van der Waals surface area contributed by atoms with Gasteiger partial charge in [-0.05, 0) is 0 Å². The van der Waals surface area contributed by atoms with Crippen LogP contribution in [0.15, 0.2) is 0 Å². The molecular weight excluding hydrogens is 98.8 g/mol. The SMILES string of the molecule is COCOB(O)O. The minimum atomic E-state index is -1.72. The molecule has 0 heterocycles. The van der Waals surface area contributed by atoms with Crippen molar-refractivity contribution in [2.75, 3.05) is 13.9 Å². The maximum absolute atomic E-state index is 7.94. The van der Waals surface area contributed by atoms with Crippen molar-refractivity contribution < 1.29 is 19.4 Å². The standard InChI is InChI=1S/C2H7BO4/c1-6-2-7-3(4)5/h4-5H,2H2,1H3. The van der Waals surface area contributed by atoms with Gasteiger partial charge in [-0.25, -0.2) is 0 Å². The monoisotopic (exact) mass is 106 g/mol. The third kappa shape index (κ3) is 5.90. The van der Waals surface area contributed by atoms with E-state index < -0.39 is 7.32 Å². The first-order chi connectivity index (χ1) is 3.27. The molecule has 0 aliphatic rings. The summed E-state index contributed by atoms with van der Waals surface area (Å²) in [5, 5.41) is 15.9. The first-order valence-corrected chi connectivity index (χ1v) is 1.74. The lowest BCUT2D eigenvalue weighted by Crippen LogP contribution is -2.17. The topological polar surface area (TPSA) is 58.9 Å². The fourth-order valence-electron chi connectivity index (χ4n) is 0.129. The highest BCUT2D eigenvalue weighted by atomic mass is 16.7. The van der Waals surface area contributed by atoms with Gasteiger partial charge >= 0.3 is 7.32 Å². The average molecular weight is 106 g/mol. The lowest BCUT2D eigenvalue weighted by Gasteiger charge is -1.96. The fourth-order valence-corrected chi connectivity index (χ4v) is 0.129. The predicted molar refractivity (Wildman–Crippen MR) is 23.2 cm³/mol. The zero-order valence-corrected chi connectivity index (χ0v) is 4.00. The Labute approximate surface area is 41.8 Å². The van der Waals surface area contributed by atoms with E-state index in [1.54, 1.807) is 0 Å². The fraction of sp³-hybridized carbons (Fsp3) is 1.00. The van der Waals surface area contributed by atoms with Gasteiger partial charge in [0.1, 0.15) is 6.79 Å². The van der Waals surface area contributed by atoms with Crippen LogP contribution in [0.3, 0.4) is 0 Å². The molecule has 0 bridgehead atoms. The number of ether oxygens (including phenoxy) is 1. The van der Waals surface area contributed by atoms with Crippen LogP contribution in [-0.2, 0) is 9.39 Å². The van der Waals surface area contributed by atoms with Gasteiger partial charge in [-0.3, -0.25) is 0 Å². The van der Waals surface area contributed by atoms with Crippen molar-refractivity contribution in [1.82, 2.24) is 0 Å². The van der Waals surface area contributed by atoms with Gasteiger partial charge in [-0.2, -0.15) is 0 Å². The largest absolute Gasteiger partial charge is 0.635 e. The van der Waals surface area contributed by atoms with Gasteiger partial charge in [0.05, 0.1) is 0 Å². The van der Waals surface area contributed by atoms with Crippen molar-refractivity contribution in [2.24, 2.45) is 0 Å². The first-order valence-electron chi connectivity index (χ1n) is 1.74. The highest BCUT2D eigenvalue weighted by Gasteiger charge is 2.05. The van der Waals surface area contributed by atoms with E-state index in [-0.39, 0.29) is 6.79 Å². The van der Waals surface area contributed by atoms with E-state index >= 15 is 0 Å². The van der Waals surface area contributed by atoms with E-state index in [9.17, 15) is 0 Å². The second-order valence-corrected chi connectivity index (χ2v) is 0.899. The molecule has 0 saturated heterocycles. The number of methoxy groups -OCH3 is 1. The van der Waals surface area contributed by atoms with Crippen LogP contribution < -0.4 is 0 Å². The van der Waals surface area contributed by atoms with Crippen LogP contribution >= 0.6 is 0 Å². The minimum absolute atomic E-state index is 0.0995. The van der Waals surface area contributed by atoms with Gasteiger partial charge < -0.3 is 19.4 Å². The van der Waals surface area contributed by atoms with Crippen molar-refractivity contribution in [3.63, 3.8) is 0 Å². The molecule has 0 amide bonds. The summed E-state index contributed by atoms with van der Waals surface area (Å²) in [7, 11) is -0.331. The van der Waals surface area contributed by atoms with Gasteiger partial charge in [0.2, 0.25) is 0 Å². The molecular formula is C2H7BO4. The molecule has 0 atom stereocenters. The normalized spacial score (nSPS) is 9.00. The van der Waals surface area contributed by atoms with Crippen LogP contribution in [0.2, 0.25) is 0 Å². The van der Waals surface area contributed by atoms with E-state index in [2.05, 4.69) is 9.39 Å². The van der Waals surface area contributed by atoms with Crippen molar-refractivity contribution in [2.45, 2.75) is 0 Å². The Bertz CT molecular complexity index is 38.7. The maximum atomic E-state index is 7.94. The number of rotatable bonds is 3. The Morgan fingerprint density at radius 3 is 2.29 bits per heavy atom. The van der Waals surface area contributed by atoms with Crippen LogP contribution in [0.1, 0.15) is 0 Å². The quantitative estimate of drug-likeness (QED) is 0.342. The van der Waals surface area contributed by atoms with Crippen LogP contribution in [-0.4, -0.2) is 31.3 Å². The van der Waals surface area contributed by atoms with E-state index in [0.29, 0.717) is 0 Å². The first kappa shape index (κ1) is 6.90. The van der Waals surface area contributed by atoms with Crippen LogP contribution in [0, 0.1) is 0 Å². The minimum Gasteiger partial charge on any atom is -0.402 e. The second-order valence-electron chi connectivity index (χ2n) is 0.899. The van der Waals surface area contributed by atoms with Gasteiger partial charge in [-0.1, -0.05) is 0 Å². The van der Waals surface area contributed by atoms with Gasteiger partial charge in [-0.15, -0.1) is 0 Å². The Balaban J connectivity index is 2.68. The summed E-state index contributed by atoms with van der Waals surface area (Å²) in [5.41, 5.74) is 0. The molecule has 0 rings (SSSR count). The van der Waals surface area contributed by atoms with Crippen molar-refractivity contribution in [3.05, 3.63) is 0 Å². The molecule has 0 spiro atoms. The molecule has 0 aliphatic carbocycles. The average Bonchev–Trinajstić information content (AvgIpc) is 1.61. The van der Waals surface area contributed by atoms with E-state index in [0.717, 1.165) is 0 Å². The Hall–Kier alpha value is -0.0951. The molecule has 0 aromatic heterocycles. The highest BCUT2D eigenvalue weighted by Crippen LogP contribution is 1.72. The molecule has 0 radical (unpaired) electrons. The molecule has 0 aromatic carbocycles. The summed E-state index contributed by atoms with van der Waals surface area (Å²) in [6.07, 6.45) is 0. The summed E-state index contributed by atoms with van der Waals surface area (Å²) < 4.78 is 8.39. The third-order valence-electron chi connectivity index (χ3n) is 0.335. The van der Waals surface area contributed by atoms with Crippen LogP contribution in [0.25, 0.3) is 0 Å². The Morgan fingerprint density at radius 2 is 2.14 bits per heavy atom. The molecule has 0 aliphatic heterocycles. The van der Waals surface area contributed by atoms with Crippen LogP contribution in [0.4, 0.5) is 0 Å². The molecule has 0 unspecified atom stereocenters. The Morgan fingerprint density at radius 1 is 1.57 bits per heavy atom. The van der Waals surface area contributed by atoms with Crippen molar-refractivity contribution in [1.29, 1.82) is 0 Å². The highest BCUT2D eigenvalue weighted by molar-refractivity contribution is 6.32. The predicted octanol–water partition coefficient (Wildman–Crippen LogP) is -1.42. The van der Waals surface area contributed by atoms with Crippen molar-refractivity contribution in [3.8, 4) is 0 Å². The summed E-state index contributed by atoms with van der Waals surface area (Å²) in [6.45, 7) is -0.0995. The molecule has 4 nitrogen and oxygen atoms in total. The van der Waals surface area contributed by atoms with Gasteiger partial charge in [0, 0.05) is 7.11 Å². The van der Waals surface area contributed by atoms with E-state index in [1.165, 1.54) is 7.11 Å². The summed E-state index contributed by atoms with van der Waals surface area (Å²) >= 11 is 0. The van der Waals surface area contributed by atoms with Crippen molar-refractivity contribution >= 4 is 7.32 Å². The molecule has 2 N–H and O–H groups in total. The van der Waals surface area contributed by atoms with Gasteiger partial charge in [0.25, 0.3) is 0 Å². The molecule has 5 heteroatoms. The Kier molecular flexibility index (Phi) is 4.02. The molecule has 0 saturated carbocycles. The van der Waals surface area contributed by atoms with Gasteiger partial charge in [0.15, 0.2) is 0 Å². The lowest BCUT2D eigenvalue weighted by molar-refractivity contribution is 0.0179. The zero-order valence-electron chi connectivity index (χ0n) is 4.00. The number of hydrogen-bond acceptors (Lipinski definition) is 4. The maximum Gasteiger partial charge on any atom is 0.635 e. The van der Waals surface area contributed by atoms with Crippen LogP contribution in [0.5, 0.6) is 0 Å². The third-order valence-corrected chi connectivity index (χ3v) is 0.335. The second kappa shape index (κ2) is 4.07. The number of hydrogen-bond donors (Lipinski definition) is 2. The summed E-state index contributed by atoms with van der Waals surface area (Å²) in [4.78, 5) is 0. The molecule has 7 heavy (non-hydrogen) atoms. The molecule has 42 valence electrons. The molecule has 0 aromatic rings. The van der Waals surface area contributed by atoms with E-state index in [1.807, 2.05) is 0 Å². The summed E-state index contributed by atoms with van der Waals surface area (Å²) in [6, 6.07) is 0.